The van der Waals surface area contributed by atoms with E-state index in [1.807, 2.05) is 30.3 Å². The van der Waals surface area contributed by atoms with Gasteiger partial charge in [0.2, 0.25) is 0 Å². The first-order valence-corrected chi connectivity index (χ1v) is 12.4. The molecule has 0 radical (unpaired) electrons. The smallest absolute Gasteiger partial charge is 0.461 e. The summed E-state index contributed by atoms with van der Waals surface area (Å²) >= 11 is 0. The minimum absolute atomic E-state index is 0.123. The molecule has 2 aromatic carbocycles. The lowest BCUT2D eigenvalue weighted by molar-refractivity contribution is -0.0206. The van der Waals surface area contributed by atoms with E-state index in [-0.39, 0.29) is 19.2 Å². The highest BCUT2D eigenvalue weighted by Crippen LogP contribution is 2.35. The Kier molecular flexibility index (Phi) is 11.1. The summed E-state index contributed by atoms with van der Waals surface area (Å²) in [4.78, 5) is 25.2. The van der Waals surface area contributed by atoms with Gasteiger partial charge in [-0.1, -0.05) is 71.4 Å². The van der Waals surface area contributed by atoms with Gasteiger partial charge >= 0.3 is 12.1 Å². The van der Waals surface area contributed by atoms with Crippen LogP contribution in [0.15, 0.2) is 54.6 Å². The lowest BCUT2D eigenvalue weighted by atomic mass is 9.75. The van der Waals surface area contributed by atoms with Gasteiger partial charge in [0.1, 0.15) is 19.0 Å². The normalized spacial score (nSPS) is 11.5. The van der Waals surface area contributed by atoms with Gasteiger partial charge in [0.15, 0.2) is 0 Å². The highest BCUT2D eigenvalue weighted by Gasteiger charge is 2.36. The zero-order valence-corrected chi connectivity index (χ0v) is 21.3. The van der Waals surface area contributed by atoms with Crippen LogP contribution in [0.4, 0.5) is 4.79 Å². The number of carbonyl (C=O) groups excluding carboxylic acids is 2. The first-order chi connectivity index (χ1) is 16.2. The summed E-state index contributed by atoms with van der Waals surface area (Å²) in [5.41, 5.74) is 1.26. The number of esters is 1. The second-order valence-electron chi connectivity index (χ2n) is 10.0. The fraction of sp³-hybridized carbons (Fsp3) is 0.517. The lowest BCUT2D eigenvalue weighted by Crippen LogP contribution is -2.37. The van der Waals surface area contributed by atoms with Crippen LogP contribution >= 0.6 is 0 Å². The number of unbranched alkanes of at least 4 members (excludes halogenated alkanes) is 1. The molecule has 186 valence electrons. The molecule has 0 aromatic heterocycles. The Hall–Kier alpha value is -2.82. The van der Waals surface area contributed by atoms with Crippen LogP contribution in [0.1, 0.15) is 76.2 Å². The van der Waals surface area contributed by atoms with Gasteiger partial charge in [-0.3, -0.25) is 0 Å². The van der Waals surface area contributed by atoms with Crippen LogP contribution in [0.25, 0.3) is 0 Å². The van der Waals surface area contributed by atoms with Gasteiger partial charge < -0.3 is 14.2 Å². The zero-order valence-electron chi connectivity index (χ0n) is 21.3. The van der Waals surface area contributed by atoms with Gasteiger partial charge in [0.25, 0.3) is 0 Å². The van der Waals surface area contributed by atoms with E-state index in [9.17, 15) is 9.59 Å². The molecule has 2 aromatic rings. The van der Waals surface area contributed by atoms with Gasteiger partial charge in [-0.2, -0.15) is 0 Å². The average molecular weight is 469 g/mol. The van der Waals surface area contributed by atoms with Gasteiger partial charge in [-0.05, 0) is 67.3 Å². The fourth-order valence-electron chi connectivity index (χ4n) is 4.41. The quantitative estimate of drug-likeness (QED) is 0.225. The van der Waals surface area contributed by atoms with E-state index < -0.39 is 11.6 Å². The summed E-state index contributed by atoms with van der Waals surface area (Å²) in [6, 6.07) is 16.5. The molecule has 34 heavy (non-hydrogen) atoms. The van der Waals surface area contributed by atoms with Crippen LogP contribution in [-0.4, -0.2) is 25.3 Å². The Morgan fingerprint density at radius 3 is 1.97 bits per heavy atom. The molecule has 0 aliphatic rings. The summed E-state index contributed by atoms with van der Waals surface area (Å²) in [6.07, 6.45) is 4.04. The van der Waals surface area contributed by atoms with E-state index in [4.69, 9.17) is 14.2 Å². The van der Waals surface area contributed by atoms with Gasteiger partial charge in [0.05, 0.1) is 5.56 Å². The van der Waals surface area contributed by atoms with Gasteiger partial charge in [0, 0.05) is 5.41 Å². The predicted molar refractivity (Wildman–Crippen MR) is 135 cm³/mol. The summed E-state index contributed by atoms with van der Waals surface area (Å²) in [6.45, 7) is 10.9. The SMILES string of the molecule is CCCCc1ccc(C(=O)OCC(COC(=O)Oc2ccccc2)(CC(C)C)CC(C)C)cc1. The van der Waals surface area contributed by atoms with Crippen LogP contribution in [0.2, 0.25) is 0 Å². The highest BCUT2D eigenvalue weighted by molar-refractivity contribution is 5.89. The van der Waals surface area contributed by atoms with Crippen molar-refractivity contribution >= 4 is 12.1 Å². The molecule has 5 nitrogen and oxygen atoms in total. The standard InChI is InChI=1S/C29H40O5/c1-6-7-11-24-14-16-25(17-15-24)27(30)32-20-29(18-22(2)3,19-23(4)5)21-33-28(31)34-26-12-9-8-10-13-26/h8-10,12-17,22-23H,6-7,11,18-21H2,1-5H3. The largest absolute Gasteiger partial charge is 0.513 e. The molecule has 0 saturated heterocycles. The number of para-hydroxylation sites is 1. The Labute approximate surface area is 204 Å². The molecule has 0 amide bonds. The van der Waals surface area contributed by atoms with E-state index in [1.54, 1.807) is 24.3 Å². The van der Waals surface area contributed by atoms with E-state index in [0.29, 0.717) is 23.1 Å². The number of hydrogen-bond donors (Lipinski definition) is 0. The molecule has 0 N–H and O–H groups in total. The summed E-state index contributed by atoms with van der Waals surface area (Å²) in [5, 5.41) is 0. The van der Waals surface area contributed by atoms with Gasteiger partial charge in [-0.25, -0.2) is 9.59 Å². The molecular weight excluding hydrogens is 428 g/mol. The van der Waals surface area contributed by atoms with Crippen molar-refractivity contribution in [2.75, 3.05) is 13.2 Å². The maximum absolute atomic E-state index is 12.8. The first-order valence-electron chi connectivity index (χ1n) is 12.4. The third kappa shape index (κ3) is 9.58. The Morgan fingerprint density at radius 1 is 0.824 bits per heavy atom. The maximum Gasteiger partial charge on any atom is 0.513 e. The molecule has 0 atom stereocenters. The summed E-state index contributed by atoms with van der Waals surface area (Å²) < 4.78 is 16.6. The number of rotatable bonds is 13. The second-order valence-corrected chi connectivity index (χ2v) is 10.0. The average Bonchev–Trinajstić information content (AvgIpc) is 2.80. The summed E-state index contributed by atoms with van der Waals surface area (Å²) in [7, 11) is 0. The van der Waals surface area contributed by atoms with E-state index >= 15 is 0 Å². The van der Waals surface area contributed by atoms with Gasteiger partial charge in [-0.15, -0.1) is 0 Å². The maximum atomic E-state index is 12.8. The zero-order chi connectivity index (χ0) is 25.0. The van der Waals surface area contributed by atoms with E-state index in [0.717, 1.165) is 32.1 Å². The third-order valence-electron chi connectivity index (χ3n) is 5.64. The second kappa shape index (κ2) is 13.8. The summed E-state index contributed by atoms with van der Waals surface area (Å²) in [5.74, 6) is 0.749. The molecule has 0 fully saturated rings. The molecule has 0 bridgehead atoms. The minimum atomic E-state index is -0.753. The molecule has 5 heteroatoms. The predicted octanol–water partition coefficient (Wildman–Crippen LogP) is 7.48. The first kappa shape index (κ1) is 27.4. The Balaban J connectivity index is 2.07. The van der Waals surface area contributed by atoms with Crippen LogP contribution in [0.3, 0.4) is 0 Å². The van der Waals surface area contributed by atoms with Crippen LogP contribution in [0.5, 0.6) is 5.75 Å². The molecular formula is C29H40O5. The van der Waals surface area contributed by atoms with Crippen molar-refractivity contribution in [3.63, 3.8) is 0 Å². The van der Waals surface area contributed by atoms with Crippen LogP contribution in [-0.2, 0) is 15.9 Å². The van der Waals surface area contributed by atoms with Crippen molar-refractivity contribution in [3.8, 4) is 5.75 Å². The molecule has 0 saturated carbocycles. The molecule has 0 unspecified atom stereocenters. The van der Waals surface area contributed by atoms with Crippen molar-refractivity contribution in [1.29, 1.82) is 0 Å². The number of aryl methyl sites for hydroxylation is 1. The monoisotopic (exact) mass is 468 g/mol. The molecule has 0 spiro atoms. The van der Waals surface area contributed by atoms with E-state index in [2.05, 4.69) is 34.6 Å². The molecule has 2 rings (SSSR count). The van der Waals surface area contributed by atoms with Crippen molar-refractivity contribution in [2.24, 2.45) is 17.3 Å². The van der Waals surface area contributed by atoms with Crippen molar-refractivity contribution in [1.82, 2.24) is 0 Å². The number of ether oxygens (including phenoxy) is 3. The number of benzene rings is 2. The van der Waals surface area contributed by atoms with Crippen LogP contribution in [0, 0.1) is 17.3 Å². The lowest BCUT2D eigenvalue weighted by Gasteiger charge is -2.35. The number of hydrogen-bond acceptors (Lipinski definition) is 5. The molecule has 0 aliphatic carbocycles. The van der Waals surface area contributed by atoms with Crippen LogP contribution < -0.4 is 4.74 Å². The third-order valence-corrected chi connectivity index (χ3v) is 5.64. The van der Waals surface area contributed by atoms with Crippen molar-refractivity contribution in [2.45, 2.75) is 66.7 Å². The Bertz CT molecular complexity index is 861. The molecule has 0 aliphatic heterocycles. The van der Waals surface area contributed by atoms with E-state index in [1.165, 1.54) is 5.56 Å². The van der Waals surface area contributed by atoms with Crippen molar-refractivity contribution in [3.05, 3.63) is 65.7 Å². The minimum Gasteiger partial charge on any atom is -0.461 e. The highest BCUT2D eigenvalue weighted by atomic mass is 16.7. The number of carbonyl (C=O) groups is 2. The topological polar surface area (TPSA) is 61.8 Å². The molecule has 0 heterocycles. The Morgan fingerprint density at radius 2 is 1.41 bits per heavy atom. The fourth-order valence-corrected chi connectivity index (χ4v) is 4.41. The van der Waals surface area contributed by atoms with Crippen molar-refractivity contribution < 1.29 is 23.8 Å².